The summed E-state index contributed by atoms with van der Waals surface area (Å²) in [7, 11) is -4.24. The van der Waals surface area contributed by atoms with Gasteiger partial charge in [0.2, 0.25) is 21.9 Å². The number of ether oxygens (including phenoxy) is 1. The van der Waals surface area contributed by atoms with Crippen molar-refractivity contribution < 1.29 is 21.9 Å². The number of fused-ring (bicyclic) bond motifs is 1. The highest BCUT2D eigenvalue weighted by Crippen LogP contribution is 2.28. The minimum atomic E-state index is -4.24. The maximum atomic E-state index is 13.9. The second kappa shape index (κ2) is 9.04. The van der Waals surface area contributed by atoms with Crippen molar-refractivity contribution >= 4 is 27.0 Å². The van der Waals surface area contributed by atoms with Crippen molar-refractivity contribution in [2.45, 2.75) is 18.4 Å². The van der Waals surface area contributed by atoms with Gasteiger partial charge in [0, 0.05) is 12.1 Å². The van der Waals surface area contributed by atoms with Gasteiger partial charge in [0.15, 0.2) is 5.52 Å². The summed E-state index contributed by atoms with van der Waals surface area (Å²) in [4.78, 5) is 12.7. The van der Waals surface area contributed by atoms with E-state index in [0.29, 0.717) is 41.4 Å². The van der Waals surface area contributed by atoms with Gasteiger partial charge in [0.25, 0.3) is 0 Å². The summed E-state index contributed by atoms with van der Waals surface area (Å²) in [5.41, 5.74) is 2.39. The molecule has 0 saturated heterocycles. The number of nitrogens with zero attached hydrogens (tertiary/aromatic N) is 3. The van der Waals surface area contributed by atoms with Crippen LogP contribution in [-0.4, -0.2) is 30.0 Å². The van der Waals surface area contributed by atoms with E-state index >= 15 is 0 Å². The third-order valence-electron chi connectivity index (χ3n) is 4.69. The standard InChI is InChI=1S/C22H19F2N5O3S/c1-2-32-21-20-18(28-22(29-21)26-12-13-3-6-15(23)7-4-13)10-9-17(27-20)14-5-8-16(24)19(11-14)33(25,30)31/h3-11H,2,12H2,1H3,(H2,25,30,31)(H,26,28,29). The number of hydrogen-bond acceptors (Lipinski definition) is 7. The Balaban J connectivity index is 1.71. The minimum absolute atomic E-state index is 0.222. The zero-order chi connectivity index (χ0) is 23.6. The summed E-state index contributed by atoms with van der Waals surface area (Å²) in [6, 6.07) is 12.9. The molecule has 0 unspecified atom stereocenters. The van der Waals surface area contributed by atoms with Crippen LogP contribution in [0.1, 0.15) is 12.5 Å². The largest absolute Gasteiger partial charge is 0.476 e. The van der Waals surface area contributed by atoms with Gasteiger partial charge < -0.3 is 10.1 Å². The number of sulfonamides is 1. The molecule has 0 aliphatic rings. The highest BCUT2D eigenvalue weighted by atomic mass is 32.2. The van der Waals surface area contributed by atoms with Crippen LogP contribution in [-0.2, 0) is 16.6 Å². The molecule has 0 fully saturated rings. The molecule has 0 aliphatic heterocycles. The molecule has 4 rings (SSSR count). The van der Waals surface area contributed by atoms with E-state index in [-0.39, 0.29) is 11.7 Å². The van der Waals surface area contributed by atoms with Gasteiger partial charge in [0.05, 0.1) is 17.8 Å². The summed E-state index contributed by atoms with van der Waals surface area (Å²) < 4.78 is 56.0. The zero-order valence-electron chi connectivity index (χ0n) is 17.4. The first-order valence-electron chi connectivity index (χ1n) is 9.87. The molecule has 0 amide bonds. The number of halogens is 2. The number of hydrogen-bond donors (Lipinski definition) is 2. The van der Waals surface area contributed by atoms with Crippen molar-refractivity contribution in [3.8, 4) is 17.1 Å². The number of nitrogens with one attached hydrogen (secondary N) is 1. The van der Waals surface area contributed by atoms with Crippen LogP contribution in [0.15, 0.2) is 59.5 Å². The molecule has 2 heterocycles. The van der Waals surface area contributed by atoms with Crippen LogP contribution in [0.25, 0.3) is 22.3 Å². The average molecular weight is 471 g/mol. The van der Waals surface area contributed by atoms with E-state index in [2.05, 4.69) is 20.3 Å². The molecule has 2 aromatic heterocycles. The zero-order valence-corrected chi connectivity index (χ0v) is 18.2. The van der Waals surface area contributed by atoms with E-state index < -0.39 is 20.7 Å². The molecule has 170 valence electrons. The Morgan fingerprint density at radius 2 is 1.76 bits per heavy atom. The van der Waals surface area contributed by atoms with Gasteiger partial charge in [-0.3, -0.25) is 0 Å². The van der Waals surface area contributed by atoms with Gasteiger partial charge >= 0.3 is 0 Å². The Labute approximate surface area is 188 Å². The lowest BCUT2D eigenvalue weighted by Crippen LogP contribution is -2.14. The number of rotatable bonds is 7. The first-order valence-corrected chi connectivity index (χ1v) is 11.4. The van der Waals surface area contributed by atoms with Gasteiger partial charge in [-0.05, 0) is 55.0 Å². The molecular formula is C22H19F2N5O3S. The third kappa shape index (κ3) is 5.04. The maximum absolute atomic E-state index is 13.9. The molecule has 0 bridgehead atoms. The van der Waals surface area contributed by atoms with Gasteiger partial charge in [0.1, 0.15) is 16.5 Å². The molecule has 0 aliphatic carbocycles. The van der Waals surface area contributed by atoms with Crippen LogP contribution >= 0.6 is 0 Å². The summed E-state index contributed by atoms with van der Waals surface area (Å²) in [6.07, 6.45) is 0. The number of pyridine rings is 1. The quantitative estimate of drug-likeness (QED) is 0.422. The topological polar surface area (TPSA) is 120 Å². The number of aromatic nitrogens is 3. The Bertz CT molecular complexity index is 1430. The van der Waals surface area contributed by atoms with Gasteiger partial charge in [-0.15, -0.1) is 0 Å². The van der Waals surface area contributed by atoms with Gasteiger partial charge in [-0.2, -0.15) is 4.98 Å². The molecule has 3 N–H and O–H groups in total. The minimum Gasteiger partial charge on any atom is -0.476 e. The third-order valence-corrected chi connectivity index (χ3v) is 5.61. The molecule has 4 aromatic rings. The molecule has 33 heavy (non-hydrogen) atoms. The Morgan fingerprint density at radius 3 is 2.45 bits per heavy atom. The van der Waals surface area contributed by atoms with Crippen molar-refractivity contribution in [2.24, 2.45) is 5.14 Å². The highest BCUT2D eigenvalue weighted by molar-refractivity contribution is 7.89. The van der Waals surface area contributed by atoms with E-state index in [4.69, 9.17) is 9.88 Å². The lowest BCUT2D eigenvalue weighted by Gasteiger charge is -2.11. The highest BCUT2D eigenvalue weighted by Gasteiger charge is 2.17. The Kier molecular flexibility index (Phi) is 6.16. The van der Waals surface area contributed by atoms with E-state index in [1.54, 1.807) is 31.2 Å². The van der Waals surface area contributed by atoms with Crippen molar-refractivity contribution in [2.75, 3.05) is 11.9 Å². The van der Waals surface area contributed by atoms with E-state index in [1.165, 1.54) is 18.2 Å². The monoisotopic (exact) mass is 471 g/mol. The van der Waals surface area contributed by atoms with Crippen LogP contribution in [0.5, 0.6) is 5.88 Å². The lowest BCUT2D eigenvalue weighted by atomic mass is 10.1. The summed E-state index contributed by atoms with van der Waals surface area (Å²) in [5, 5.41) is 8.17. The molecule has 0 saturated carbocycles. The van der Waals surface area contributed by atoms with Gasteiger partial charge in [-0.1, -0.05) is 12.1 Å². The number of benzene rings is 2. The summed E-state index contributed by atoms with van der Waals surface area (Å²) in [5.74, 6) is -0.751. The van der Waals surface area contributed by atoms with Crippen LogP contribution in [0.2, 0.25) is 0 Å². The molecule has 0 spiro atoms. The van der Waals surface area contributed by atoms with Crippen LogP contribution in [0, 0.1) is 11.6 Å². The first-order chi connectivity index (χ1) is 15.7. The predicted octanol–water partition coefficient (Wildman–Crippen LogP) is 3.63. The van der Waals surface area contributed by atoms with Crippen LogP contribution in [0.3, 0.4) is 0 Å². The maximum Gasteiger partial charge on any atom is 0.245 e. The van der Waals surface area contributed by atoms with Crippen molar-refractivity contribution in [1.29, 1.82) is 0 Å². The second-order valence-corrected chi connectivity index (χ2v) is 8.55. The molecular weight excluding hydrogens is 452 g/mol. The summed E-state index contributed by atoms with van der Waals surface area (Å²) in [6.45, 7) is 2.48. The lowest BCUT2D eigenvalue weighted by molar-refractivity contribution is 0.330. The van der Waals surface area contributed by atoms with Crippen molar-refractivity contribution in [3.63, 3.8) is 0 Å². The number of primary sulfonamides is 1. The predicted molar refractivity (Wildman–Crippen MR) is 119 cm³/mol. The fourth-order valence-corrected chi connectivity index (χ4v) is 3.76. The van der Waals surface area contributed by atoms with E-state index in [0.717, 1.165) is 17.7 Å². The molecule has 2 aromatic carbocycles. The van der Waals surface area contributed by atoms with Crippen molar-refractivity contribution in [1.82, 2.24) is 15.0 Å². The van der Waals surface area contributed by atoms with E-state index in [1.807, 2.05) is 0 Å². The summed E-state index contributed by atoms with van der Waals surface area (Å²) >= 11 is 0. The SMILES string of the molecule is CCOc1nc(NCc2ccc(F)cc2)nc2ccc(-c3ccc(F)c(S(N)(=O)=O)c3)nc12. The molecule has 11 heteroatoms. The smallest absolute Gasteiger partial charge is 0.245 e. The van der Waals surface area contributed by atoms with Crippen LogP contribution < -0.4 is 15.2 Å². The van der Waals surface area contributed by atoms with Crippen LogP contribution in [0.4, 0.5) is 14.7 Å². The number of anilines is 1. The fourth-order valence-electron chi connectivity index (χ4n) is 3.13. The average Bonchev–Trinajstić information content (AvgIpc) is 2.78. The Morgan fingerprint density at radius 1 is 1.00 bits per heavy atom. The first kappa shape index (κ1) is 22.5. The Hall–Kier alpha value is -3.70. The van der Waals surface area contributed by atoms with Crippen molar-refractivity contribution in [3.05, 3.63) is 71.8 Å². The van der Waals surface area contributed by atoms with E-state index in [9.17, 15) is 17.2 Å². The normalized spacial score (nSPS) is 11.5. The molecule has 0 atom stereocenters. The molecule has 0 radical (unpaired) electrons. The fraction of sp³-hybridized carbons (Fsp3) is 0.136. The number of nitrogens with two attached hydrogens (primary N) is 1. The van der Waals surface area contributed by atoms with Gasteiger partial charge in [-0.25, -0.2) is 32.3 Å². The second-order valence-electron chi connectivity index (χ2n) is 7.02. The molecule has 8 nitrogen and oxygen atoms in total.